The molecule has 0 aliphatic heterocycles. The van der Waals surface area contributed by atoms with Crippen LogP contribution >= 0.6 is 0 Å². The highest BCUT2D eigenvalue weighted by Crippen LogP contribution is 2.20. The van der Waals surface area contributed by atoms with Crippen LogP contribution in [0.25, 0.3) is 0 Å². The molecule has 1 amide bonds. The zero-order valence-electron chi connectivity index (χ0n) is 9.88. The van der Waals surface area contributed by atoms with Crippen molar-refractivity contribution in [1.82, 2.24) is 0 Å². The Hall–Kier alpha value is -1.72. The minimum absolute atomic E-state index is 0.0835. The molecular weight excluding hydrogens is 247 g/mol. The fourth-order valence-electron chi connectivity index (χ4n) is 1.17. The van der Waals surface area contributed by atoms with E-state index in [4.69, 9.17) is 4.74 Å². The Kier molecular flexibility index (Phi) is 5.00. The van der Waals surface area contributed by atoms with Crippen LogP contribution in [0.15, 0.2) is 24.3 Å². The topological polar surface area (TPSA) is 38.3 Å². The Morgan fingerprint density at radius 3 is 2.39 bits per heavy atom. The van der Waals surface area contributed by atoms with Crippen molar-refractivity contribution in [1.29, 1.82) is 0 Å². The third-order valence-electron chi connectivity index (χ3n) is 2.14. The fraction of sp³-hybridized carbons (Fsp3) is 0.417. The number of rotatable bonds is 5. The van der Waals surface area contributed by atoms with Crippen LogP contribution in [0, 0.1) is 0 Å². The number of carbonyl (C=O) groups is 1. The highest BCUT2D eigenvalue weighted by Gasteiger charge is 2.38. The van der Waals surface area contributed by atoms with E-state index < -0.39 is 12.1 Å². The number of ether oxygens (including phenoxy) is 1. The molecule has 0 aliphatic rings. The van der Waals surface area contributed by atoms with Gasteiger partial charge >= 0.3 is 12.1 Å². The zero-order chi connectivity index (χ0) is 13.6. The van der Waals surface area contributed by atoms with Gasteiger partial charge < -0.3 is 10.1 Å². The van der Waals surface area contributed by atoms with Crippen LogP contribution in [0.5, 0.6) is 5.75 Å². The second-order valence-corrected chi connectivity index (χ2v) is 3.68. The number of carbonyl (C=O) groups excluding carboxylic acids is 1. The molecule has 1 N–H and O–H groups in total. The van der Waals surface area contributed by atoms with Crippen molar-refractivity contribution in [2.75, 3.05) is 11.9 Å². The number of hydrogen-bond acceptors (Lipinski definition) is 2. The van der Waals surface area contributed by atoms with Crippen LogP contribution in [-0.2, 0) is 4.79 Å². The maximum absolute atomic E-state index is 12.0. The molecule has 0 aromatic heterocycles. The van der Waals surface area contributed by atoms with Gasteiger partial charge in [-0.3, -0.25) is 4.79 Å². The Labute approximate surface area is 103 Å². The van der Waals surface area contributed by atoms with Gasteiger partial charge in [0.2, 0.25) is 0 Å². The minimum atomic E-state index is -4.88. The second-order valence-electron chi connectivity index (χ2n) is 3.68. The molecule has 1 aromatic rings. The molecule has 0 unspecified atom stereocenters. The van der Waals surface area contributed by atoms with Gasteiger partial charge in [-0.15, -0.1) is 0 Å². The molecule has 0 heterocycles. The lowest BCUT2D eigenvalue weighted by Gasteiger charge is -2.09. The first-order chi connectivity index (χ1) is 8.43. The highest BCUT2D eigenvalue weighted by molar-refractivity contribution is 5.94. The van der Waals surface area contributed by atoms with E-state index in [0.717, 1.165) is 12.8 Å². The molecule has 100 valence electrons. The van der Waals surface area contributed by atoms with Crippen molar-refractivity contribution in [3.8, 4) is 5.75 Å². The number of benzene rings is 1. The quantitative estimate of drug-likeness (QED) is 0.825. The van der Waals surface area contributed by atoms with E-state index >= 15 is 0 Å². The van der Waals surface area contributed by atoms with E-state index in [1.54, 1.807) is 5.32 Å². The summed E-state index contributed by atoms with van der Waals surface area (Å²) in [6, 6.07) is 5.76. The number of alkyl halides is 3. The van der Waals surface area contributed by atoms with Crippen molar-refractivity contribution < 1.29 is 22.7 Å². The average molecular weight is 261 g/mol. The summed E-state index contributed by atoms with van der Waals surface area (Å²) < 4.78 is 41.3. The summed E-state index contributed by atoms with van der Waals surface area (Å²) in [5, 5.41) is 1.76. The van der Waals surface area contributed by atoms with Crippen LogP contribution in [0.1, 0.15) is 19.8 Å². The minimum Gasteiger partial charge on any atom is -0.494 e. The molecule has 0 spiro atoms. The molecule has 1 rings (SSSR count). The summed E-state index contributed by atoms with van der Waals surface area (Å²) in [7, 11) is 0. The monoisotopic (exact) mass is 261 g/mol. The smallest absolute Gasteiger partial charge is 0.471 e. The van der Waals surface area contributed by atoms with Gasteiger partial charge in [0.25, 0.3) is 0 Å². The Morgan fingerprint density at radius 2 is 1.89 bits per heavy atom. The summed E-state index contributed by atoms with van der Waals surface area (Å²) in [5.41, 5.74) is 0.0835. The first-order valence-electron chi connectivity index (χ1n) is 5.54. The molecule has 0 saturated carbocycles. The predicted molar refractivity (Wildman–Crippen MR) is 61.5 cm³/mol. The first-order valence-corrected chi connectivity index (χ1v) is 5.54. The van der Waals surface area contributed by atoms with Gasteiger partial charge in [0, 0.05) is 5.69 Å². The normalized spacial score (nSPS) is 11.1. The molecule has 0 bridgehead atoms. The highest BCUT2D eigenvalue weighted by atomic mass is 19.4. The van der Waals surface area contributed by atoms with Crippen molar-refractivity contribution in [2.45, 2.75) is 25.9 Å². The van der Waals surface area contributed by atoms with Gasteiger partial charge in [0.05, 0.1) is 6.61 Å². The zero-order valence-corrected chi connectivity index (χ0v) is 9.88. The van der Waals surface area contributed by atoms with Crippen LogP contribution in [0.2, 0.25) is 0 Å². The molecule has 0 fully saturated rings. The van der Waals surface area contributed by atoms with E-state index in [9.17, 15) is 18.0 Å². The Bertz CT molecular complexity index is 387. The molecule has 0 saturated heterocycles. The van der Waals surface area contributed by atoms with Gasteiger partial charge in [-0.1, -0.05) is 13.3 Å². The first kappa shape index (κ1) is 14.3. The summed E-state index contributed by atoms with van der Waals surface area (Å²) in [6.07, 6.45) is -2.97. The number of hydrogen-bond donors (Lipinski definition) is 1. The van der Waals surface area contributed by atoms with Crippen molar-refractivity contribution in [3.05, 3.63) is 24.3 Å². The number of anilines is 1. The van der Waals surface area contributed by atoms with Crippen molar-refractivity contribution in [2.24, 2.45) is 0 Å². The van der Waals surface area contributed by atoms with Crippen molar-refractivity contribution in [3.63, 3.8) is 0 Å². The van der Waals surface area contributed by atoms with E-state index in [1.807, 2.05) is 6.92 Å². The molecular formula is C12H14F3NO2. The second kappa shape index (κ2) is 6.28. The number of halogens is 3. The molecule has 0 aliphatic carbocycles. The van der Waals surface area contributed by atoms with Gasteiger partial charge in [0.15, 0.2) is 0 Å². The lowest BCUT2D eigenvalue weighted by molar-refractivity contribution is -0.167. The van der Waals surface area contributed by atoms with Gasteiger partial charge in [-0.05, 0) is 30.7 Å². The predicted octanol–water partition coefficient (Wildman–Crippen LogP) is 3.37. The lowest BCUT2D eigenvalue weighted by atomic mass is 10.3. The SMILES string of the molecule is CCCCOc1ccc(NC(=O)C(F)(F)F)cc1. The van der Waals surface area contributed by atoms with Crippen LogP contribution in [-0.4, -0.2) is 18.7 Å². The van der Waals surface area contributed by atoms with E-state index in [1.165, 1.54) is 24.3 Å². The van der Waals surface area contributed by atoms with Gasteiger partial charge in [0.1, 0.15) is 5.75 Å². The van der Waals surface area contributed by atoms with Gasteiger partial charge in [-0.25, -0.2) is 0 Å². The van der Waals surface area contributed by atoms with Crippen LogP contribution in [0.4, 0.5) is 18.9 Å². The third-order valence-corrected chi connectivity index (χ3v) is 2.14. The lowest BCUT2D eigenvalue weighted by Crippen LogP contribution is -2.29. The van der Waals surface area contributed by atoms with Crippen molar-refractivity contribution >= 4 is 11.6 Å². The molecule has 0 radical (unpaired) electrons. The van der Waals surface area contributed by atoms with E-state index in [2.05, 4.69) is 0 Å². The Morgan fingerprint density at radius 1 is 1.28 bits per heavy atom. The number of amides is 1. The maximum Gasteiger partial charge on any atom is 0.471 e. The number of nitrogens with one attached hydrogen (secondary N) is 1. The summed E-state index contributed by atoms with van der Waals surface area (Å²) in [6.45, 7) is 2.59. The standard InChI is InChI=1S/C12H14F3NO2/c1-2-3-8-18-10-6-4-9(5-7-10)16-11(17)12(13,14)15/h4-7H,2-3,8H2,1H3,(H,16,17). The van der Waals surface area contributed by atoms with E-state index in [0.29, 0.717) is 12.4 Å². The summed E-state index contributed by atoms with van der Waals surface area (Å²) in [5.74, 6) is -1.42. The summed E-state index contributed by atoms with van der Waals surface area (Å²) >= 11 is 0. The van der Waals surface area contributed by atoms with Crippen LogP contribution in [0.3, 0.4) is 0 Å². The molecule has 6 heteroatoms. The molecule has 1 aromatic carbocycles. The maximum atomic E-state index is 12.0. The molecule has 18 heavy (non-hydrogen) atoms. The third kappa shape index (κ3) is 4.65. The van der Waals surface area contributed by atoms with Gasteiger partial charge in [-0.2, -0.15) is 13.2 Å². The van der Waals surface area contributed by atoms with E-state index in [-0.39, 0.29) is 5.69 Å². The average Bonchev–Trinajstić information content (AvgIpc) is 2.30. The number of unbranched alkanes of at least 4 members (excludes halogenated alkanes) is 1. The molecule has 0 atom stereocenters. The largest absolute Gasteiger partial charge is 0.494 e. The molecule has 3 nitrogen and oxygen atoms in total. The fourth-order valence-corrected chi connectivity index (χ4v) is 1.17. The Balaban J connectivity index is 2.53. The van der Waals surface area contributed by atoms with Crippen LogP contribution < -0.4 is 10.1 Å². The summed E-state index contributed by atoms with van der Waals surface area (Å²) in [4.78, 5) is 10.7.